The van der Waals surface area contributed by atoms with Crippen molar-refractivity contribution < 1.29 is 23.9 Å². The van der Waals surface area contributed by atoms with Gasteiger partial charge in [-0.3, -0.25) is 19.6 Å². The fourth-order valence-electron chi connectivity index (χ4n) is 5.52. The van der Waals surface area contributed by atoms with Crippen LogP contribution in [0.3, 0.4) is 0 Å². The van der Waals surface area contributed by atoms with Crippen molar-refractivity contribution in [2.24, 2.45) is 16.6 Å². The van der Waals surface area contributed by atoms with Gasteiger partial charge in [-0.1, -0.05) is 74.5 Å². The van der Waals surface area contributed by atoms with Gasteiger partial charge in [0.2, 0.25) is 11.8 Å². The molecule has 2 aromatic carbocycles. The number of hydrogen-bond acceptors (Lipinski definition) is 9. The molecule has 50 heavy (non-hydrogen) atoms. The van der Waals surface area contributed by atoms with Gasteiger partial charge >= 0.3 is 12.1 Å². The number of hydrogen-bond donors (Lipinski definition) is 4. The summed E-state index contributed by atoms with van der Waals surface area (Å²) in [6.07, 6.45) is 2.80. The van der Waals surface area contributed by atoms with Crippen molar-refractivity contribution >= 4 is 52.1 Å². The van der Waals surface area contributed by atoms with E-state index < -0.39 is 30.0 Å². The monoisotopic (exact) mass is 721 g/mol. The fourth-order valence-corrected chi connectivity index (χ4v) is 7.13. The molecule has 1 aromatic heterocycles. The Morgan fingerprint density at radius 2 is 1.56 bits per heavy atom. The van der Waals surface area contributed by atoms with Gasteiger partial charge in [-0.2, -0.15) is 0 Å². The number of thioether (sulfide) groups is 1. The minimum atomic E-state index is -1.17. The van der Waals surface area contributed by atoms with E-state index >= 15 is 0 Å². The highest BCUT2D eigenvalue weighted by Gasteiger charge is 2.29. The van der Waals surface area contributed by atoms with Crippen molar-refractivity contribution in [3.05, 3.63) is 88.4 Å². The van der Waals surface area contributed by atoms with Gasteiger partial charge in [-0.05, 0) is 36.8 Å². The molecule has 5 N–H and O–H groups in total. The Bertz CT molecular complexity index is 1560. The highest BCUT2D eigenvalue weighted by Crippen LogP contribution is 2.23. The summed E-state index contributed by atoms with van der Waals surface area (Å²) in [5.74, 6) is -0.125. The number of aromatic nitrogens is 1. The molecule has 1 aliphatic heterocycles. The molecule has 14 heteroatoms. The number of nitrogens with two attached hydrogens (primary N) is 1. The maximum atomic E-state index is 13.7. The lowest BCUT2D eigenvalue weighted by molar-refractivity contribution is -0.127. The van der Waals surface area contributed by atoms with Gasteiger partial charge in [-0.25, -0.2) is 9.59 Å². The van der Waals surface area contributed by atoms with E-state index in [2.05, 4.69) is 34.8 Å². The number of thiazole rings is 1. The molecule has 5 amide bonds. The van der Waals surface area contributed by atoms with E-state index in [9.17, 15) is 19.2 Å². The summed E-state index contributed by atoms with van der Waals surface area (Å²) in [5.41, 5.74) is 9.25. The van der Waals surface area contributed by atoms with E-state index in [-0.39, 0.29) is 31.2 Å². The average Bonchev–Trinajstić information content (AvgIpc) is 3.79. The smallest absolute Gasteiger partial charge is 0.407 e. The van der Waals surface area contributed by atoms with Crippen molar-refractivity contribution in [3.63, 3.8) is 0 Å². The van der Waals surface area contributed by atoms with Crippen LogP contribution in [0.1, 0.15) is 49.1 Å². The van der Waals surface area contributed by atoms with Gasteiger partial charge in [0.05, 0.1) is 27.9 Å². The fraction of sp³-hybridized carbons (Fsp3) is 0.444. The molecule has 0 aliphatic carbocycles. The lowest BCUT2D eigenvalue weighted by Crippen LogP contribution is -2.54. The Kier molecular flexibility index (Phi) is 15.1. The molecule has 2 heterocycles. The molecule has 3 aromatic rings. The van der Waals surface area contributed by atoms with Crippen LogP contribution in [0.15, 0.2) is 77.4 Å². The number of carbonyl (C=O) groups excluding carboxylic acids is 4. The van der Waals surface area contributed by atoms with Crippen LogP contribution < -0.4 is 21.7 Å². The Labute approximate surface area is 302 Å². The van der Waals surface area contributed by atoms with Crippen molar-refractivity contribution in [1.82, 2.24) is 25.8 Å². The number of alkyl carbamates (subject to hydrolysis) is 1. The number of benzene rings is 2. The van der Waals surface area contributed by atoms with Crippen molar-refractivity contribution in [2.75, 3.05) is 19.3 Å². The van der Waals surface area contributed by atoms with E-state index in [0.717, 1.165) is 26.8 Å². The van der Waals surface area contributed by atoms with Crippen molar-refractivity contribution in [3.8, 4) is 0 Å². The highest BCUT2D eigenvalue weighted by molar-refractivity contribution is 8.14. The van der Waals surface area contributed by atoms with Crippen LogP contribution in [0.4, 0.5) is 9.59 Å². The summed E-state index contributed by atoms with van der Waals surface area (Å²) in [6.45, 7) is 4.67. The first-order valence-corrected chi connectivity index (χ1v) is 18.6. The summed E-state index contributed by atoms with van der Waals surface area (Å²) in [7, 11) is 1.64. The molecule has 1 unspecified atom stereocenters. The summed E-state index contributed by atoms with van der Waals surface area (Å²) < 4.78 is 5.46. The summed E-state index contributed by atoms with van der Waals surface area (Å²) in [6, 6.07) is 17.1. The summed E-state index contributed by atoms with van der Waals surface area (Å²) >= 11 is 3.10. The van der Waals surface area contributed by atoms with Crippen LogP contribution in [-0.2, 0) is 33.8 Å². The minimum absolute atomic E-state index is 0.0470. The van der Waals surface area contributed by atoms with Gasteiger partial charge in [-0.15, -0.1) is 23.1 Å². The van der Waals surface area contributed by atoms with Crippen LogP contribution in [0.25, 0.3) is 0 Å². The summed E-state index contributed by atoms with van der Waals surface area (Å²) in [4.78, 5) is 62.9. The number of nitrogens with zero attached hydrogens (tertiary/aromatic N) is 3. The van der Waals surface area contributed by atoms with E-state index in [1.807, 2.05) is 60.7 Å². The number of urea groups is 1. The molecule has 1 aliphatic rings. The number of aliphatic imine (C=N–C) groups is 1. The van der Waals surface area contributed by atoms with E-state index in [4.69, 9.17) is 15.5 Å². The number of likely N-dealkylation sites (N-methyl/N-ethyl adjacent to an activating group) is 1. The number of rotatable bonds is 18. The number of ether oxygens (including phenoxy) is 1. The number of amides is 5. The molecule has 268 valence electrons. The Morgan fingerprint density at radius 1 is 0.940 bits per heavy atom. The van der Waals surface area contributed by atoms with Gasteiger partial charge < -0.3 is 31.3 Å². The number of nitrogens with one attached hydrogen (secondary N) is 3. The molecule has 4 atom stereocenters. The Morgan fingerprint density at radius 3 is 2.10 bits per heavy atom. The van der Waals surface area contributed by atoms with Crippen LogP contribution in [0.5, 0.6) is 0 Å². The number of primary amides is 1. The second-order valence-corrected chi connectivity index (χ2v) is 14.7. The van der Waals surface area contributed by atoms with Gasteiger partial charge in [0.15, 0.2) is 0 Å². The zero-order valence-corrected chi connectivity index (χ0v) is 30.4. The Balaban J connectivity index is 1.43. The first kappa shape index (κ1) is 38.4. The van der Waals surface area contributed by atoms with Gasteiger partial charge in [0.25, 0.3) is 0 Å². The second kappa shape index (κ2) is 19.7. The van der Waals surface area contributed by atoms with Crippen LogP contribution >= 0.6 is 23.1 Å². The maximum absolute atomic E-state index is 13.7. The minimum Gasteiger partial charge on any atom is -0.444 e. The third kappa shape index (κ3) is 13.1. The van der Waals surface area contributed by atoms with Crippen LogP contribution in [0, 0.1) is 5.92 Å². The topological polar surface area (TPSA) is 168 Å². The van der Waals surface area contributed by atoms with Gasteiger partial charge in [0.1, 0.15) is 12.6 Å². The lowest BCUT2D eigenvalue weighted by atomic mass is 9.95. The van der Waals surface area contributed by atoms with E-state index in [1.54, 1.807) is 30.5 Å². The molecular weight excluding hydrogens is 675 g/mol. The maximum Gasteiger partial charge on any atom is 0.407 e. The predicted octanol–water partition coefficient (Wildman–Crippen LogP) is 4.54. The average molecular weight is 722 g/mol. The molecular formula is C36H47N7O5S2. The lowest BCUT2D eigenvalue weighted by Gasteiger charge is -2.27. The molecule has 12 nitrogen and oxygen atoms in total. The molecule has 0 radical (unpaired) electrons. The zero-order valence-electron chi connectivity index (χ0n) is 28.7. The van der Waals surface area contributed by atoms with Crippen LogP contribution in [0.2, 0.25) is 0 Å². The zero-order chi connectivity index (χ0) is 35.9. The van der Waals surface area contributed by atoms with Gasteiger partial charge in [0, 0.05) is 43.5 Å². The largest absolute Gasteiger partial charge is 0.444 e. The molecule has 4 rings (SSSR count). The van der Waals surface area contributed by atoms with E-state index in [1.165, 1.54) is 16.2 Å². The highest BCUT2D eigenvalue weighted by atomic mass is 32.2. The van der Waals surface area contributed by atoms with Crippen molar-refractivity contribution in [1.29, 1.82) is 0 Å². The quantitative estimate of drug-likeness (QED) is 0.150. The van der Waals surface area contributed by atoms with Crippen LogP contribution in [-0.4, -0.2) is 82.4 Å². The predicted molar refractivity (Wildman–Crippen MR) is 198 cm³/mol. The Hall–Kier alpha value is -4.43. The SMILES string of the molecule is CC(C)C1=NC(CN(C)C(=O)N[C@@H](CC(N)=O)C(=O)N[C@H](CC[C@H](Cc2ccccc2)NC(=O)OCc2cncs2)Cc2ccccc2)CS1. The normalized spacial score (nSPS) is 15.8. The molecule has 0 saturated carbocycles. The molecule has 0 spiro atoms. The summed E-state index contributed by atoms with van der Waals surface area (Å²) in [5, 5.41) is 9.85. The van der Waals surface area contributed by atoms with Crippen molar-refractivity contribution in [2.45, 2.75) is 76.7 Å². The standard InChI is InChI=1S/C36H47N7O5S2/c1-24(2)34-40-29(22-49-34)20-43(3)35(46)42-31(18-32(37)44)33(45)39-27(16-25-10-6-4-7-11-25)14-15-28(17-26-12-8-5-9-13-26)41-36(47)48-21-30-19-38-23-50-30/h4-13,19,23-24,27-29,31H,14-18,20-22H2,1-3H3,(H2,37,44)(H,39,45)(H,41,47)(H,42,46)/t27-,28-,29?,31+/m1/s1. The molecule has 0 fully saturated rings. The van der Waals surface area contributed by atoms with E-state index in [0.29, 0.717) is 38.1 Å². The first-order chi connectivity index (χ1) is 24.0. The third-order valence-electron chi connectivity index (χ3n) is 8.09. The third-order valence-corrected chi connectivity index (χ3v) is 10.3. The molecule has 0 bridgehead atoms. The molecule has 0 saturated heterocycles. The number of carbonyl (C=O) groups is 4. The second-order valence-electron chi connectivity index (χ2n) is 12.7. The first-order valence-electron chi connectivity index (χ1n) is 16.7.